The van der Waals surface area contributed by atoms with Gasteiger partial charge in [0, 0.05) is 11.3 Å². The number of anilines is 2. The first-order valence-electron chi connectivity index (χ1n) is 10.0. The summed E-state index contributed by atoms with van der Waals surface area (Å²) in [4.78, 5) is 38.8. The van der Waals surface area contributed by atoms with E-state index in [2.05, 4.69) is 10.6 Å². The number of carbonyl (C=O) groups excluding carboxylic acids is 3. The minimum Gasteiger partial charge on any atom is -0.467 e. The standard InChI is InChI=1S/C24H20ClN3O4/c1-2-15-5-11-18(12-6-15)28-23(30)20(25)21(24(28)31)27-17-9-7-16(8-10-17)22(29)26-14-19-4-3-13-32-19/h3-13,27H,2,14H2,1H3,(H,26,29). The van der Waals surface area contributed by atoms with Crippen molar-refractivity contribution < 1.29 is 18.8 Å². The van der Waals surface area contributed by atoms with Crippen LogP contribution in [0, 0.1) is 0 Å². The summed E-state index contributed by atoms with van der Waals surface area (Å²) in [6, 6.07) is 17.2. The molecule has 0 unspecified atom stereocenters. The first kappa shape index (κ1) is 21.4. The fraction of sp³-hybridized carbons (Fsp3) is 0.125. The number of nitrogens with zero attached hydrogens (tertiary/aromatic N) is 1. The molecule has 0 radical (unpaired) electrons. The van der Waals surface area contributed by atoms with Gasteiger partial charge in [-0.2, -0.15) is 0 Å². The summed E-state index contributed by atoms with van der Waals surface area (Å²) in [5.41, 5.74) is 2.50. The molecular weight excluding hydrogens is 430 g/mol. The van der Waals surface area contributed by atoms with E-state index in [0.29, 0.717) is 22.7 Å². The van der Waals surface area contributed by atoms with Crippen LogP contribution in [0.1, 0.15) is 28.6 Å². The summed E-state index contributed by atoms with van der Waals surface area (Å²) >= 11 is 6.18. The number of carbonyl (C=O) groups is 3. The third-order valence-corrected chi connectivity index (χ3v) is 5.40. The minimum absolute atomic E-state index is 0.00810. The molecular formula is C24H20ClN3O4. The molecule has 1 aliphatic heterocycles. The van der Waals surface area contributed by atoms with Gasteiger partial charge in [0.25, 0.3) is 17.7 Å². The van der Waals surface area contributed by atoms with Gasteiger partial charge in [-0.05, 0) is 60.5 Å². The van der Waals surface area contributed by atoms with Crippen LogP contribution in [-0.2, 0) is 22.6 Å². The predicted molar refractivity (Wildman–Crippen MR) is 121 cm³/mol. The van der Waals surface area contributed by atoms with E-state index >= 15 is 0 Å². The van der Waals surface area contributed by atoms with Crippen LogP contribution >= 0.6 is 11.6 Å². The Labute approximate surface area is 189 Å². The zero-order valence-electron chi connectivity index (χ0n) is 17.2. The van der Waals surface area contributed by atoms with Gasteiger partial charge < -0.3 is 15.1 Å². The number of aryl methyl sites for hydroxylation is 1. The van der Waals surface area contributed by atoms with Crippen LogP contribution < -0.4 is 15.5 Å². The molecule has 2 N–H and O–H groups in total. The second kappa shape index (κ2) is 9.11. The van der Waals surface area contributed by atoms with Crippen molar-refractivity contribution in [1.29, 1.82) is 0 Å². The molecule has 162 valence electrons. The van der Waals surface area contributed by atoms with Gasteiger partial charge in [-0.1, -0.05) is 30.7 Å². The molecule has 0 saturated carbocycles. The fourth-order valence-electron chi connectivity index (χ4n) is 3.26. The van der Waals surface area contributed by atoms with E-state index in [1.807, 2.05) is 19.1 Å². The molecule has 32 heavy (non-hydrogen) atoms. The molecule has 0 aliphatic carbocycles. The van der Waals surface area contributed by atoms with Gasteiger partial charge in [0.2, 0.25) is 0 Å². The van der Waals surface area contributed by atoms with E-state index in [1.54, 1.807) is 48.5 Å². The summed E-state index contributed by atoms with van der Waals surface area (Å²) in [6.07, 6.45) is 2.39. The van der Waals surface area contributed by atoms with Crippen LogP contribution in [0.5, 0.6) is 0 Å². The van der Waals surface area contributed by atoms with Crippen LogP contribution in [-0.4, -0.2) is 17.7 Å². The smallest absolute Gasteiger partial charge is 0.283 e. The van der Waals surface area contributed by atoms with E-state index < -0.39 is 11.8 Å². The van der Waals surface area contributed by atoms with Crippen molar-refractivity contribution in [2.75, 3.05) is 10.2 Å². The lowest BCUT2D eigenvalue weighted by Crippen LogP contribution is -2.32. The summed E-state index contributed by atoms with van der Waals surface area (Å²) < 4.78 is 5.19. The summed E-state index contributed by atoms with van der Waals surface area (Å²) in [6.45, 7) is 2.30. The Morgan fingerprint density at radius 2 is 1.72 bits per heavy atom. The second-order valence-corrected chi connectivity index (χ2v) is 7.50. The molecule has 7 nitrogen and oxygen atoms in total. The van der Waals surface area contributed by atoms with Crippen LogP contribution in [0.15, 0.2) is 82.1 Å². The number of benzene rings is 2. The van der Waals surface area contributed by atoms with E-state index in [4.69, 9.17) is 16.0 Å². The van der Waals surface area contributed by atoms with Crippen LogP contribution in [0.4, 0.5) is 11.4 Å². The zero-order chi connectivity index (χ0) is 22.7. The van der Waals surface area contributed by atoms with Crippen molar-refractivity contribution in [3.05, 3.63) is 94.5 Å². The minimum atomic E-state index is -0.586. The van der Waals surface area contributed by atoms with Crippen LogP contribution in [0.2, 0.25) is 0 Å². The number of hydrogen-bond donors (Lipinski definition) is 2. The quantitative estimate of drug-likeness (QED) is 0.527. The van der Waals surface area contributed by atoms with Gasteiger partial charge >= 0.3 is 0 Å². The SMILES string of the molecule is CCc1ccc(N2C(=O)C(Cl)=C(Nc3ccc(C(=O)NCc4ccco4)cc3)C2=O)cc1. The average molecular weight is 450 g/mol. The number of rotatable bonds is 7. The van der Waals surface area contributed by atoms with E-state index in [9.17, 15) is 14.4 Å². The Bertz CT molecular complexity index is 1180. The third kappa shape index (κ3) is 4.29. The summed E-state index contributed by atoms with van der Waals surface area (Å²) in [7, 11) is 0. The number of imide groups is 1. The Kier molecular flexibility index (Phi) is 6.09. The molecule has 1 aliphatic rings. The largest absolute Gasteiger partial charge is 0.467 e. The third-order valence-electron chi connectivity index (χ3n) is 5.05. The van der Waals surface area contributed by atoms with Crippen molar-refractivity contribution in [3.8, 4) is 0 Å². The number of halogens is 1. The maximum atomic E-state index is 12.9. The molecule has 3 aromatic rings. The average Bonchev–Trinajstić information content (AvgIpc) is 3.41. The van der Waals surface area contributed by atoms with Crippen LogP contribution in [0.25, 0.3) is 0 Å². The number of amides is 3. The molecule has 0 bridgehead atoms. The Hall–Kier alpha value is -3.84. The number of hydrogen-bond acceptors (Lipinski definition) is 5. The monoisotopic (exact) mass is 449 g/mol. The molecule has 8 heteroatoms. The maximum absolute atomic E-state index is 12.9. The van der Waals surface area contributed by atoms with Crippen molar-refractivity contribution in [2.45, 2.75) is 19.9 Å². The first-order valence-corrected chi connectivity index (χ1v) is 10.4. The molecule has 3 amide bonds. The highest BCUT2D eigenvalue weighted by Gasteiger charge is 2.38. The van der Waals surface area contributed by atoms with Crippen molar-refractivity contribution in [3.63, 3.8) is 0 Å². The molecule has 1 aromatic heterocycles. The van der Waals surface area contributed by atoms with Gasteiger partial charge in [0.15, 0.2) is 0 Å². The highest BCUT2D eigenvalue weighted by molar-refractivity contribution is 6.53. The lowest BCUT2D eigenvalue weighted by atomic mass is 10.1. The molecule has 0 atom stereocenters. The molecule has 2 heterocycles. The zero-order valence-corrected chi connectivity index (χ0v) is 18.0. The Morgan fingerprint density at radius 1 is 1.00 bits per heavy atom. The predicted octanol–water partition coefficient (Wildman–Crippen LogP) is 4.21. The Morgan fingerprint density at radius 3 is 2.34 bits per heavy atom. The van der Waals surface area contributed by atoms with Gasteiger partial charge in [-0.15, -0.1) is 0 Å². The lowest BCUT2D eigenvalue weighted by molar-refractivity contribution is -0.120. The summed E-state index contributed by atoms with van der Waals surface area (Å²) in [5, 5.41) is 5.47. The Balaban J connectivity index is 1.44. The lowest BCUT2D eigenvalue weighted by Gasteiger charge is -2.15. The highest BCUT2D eigenvalue weighted by atomic mass is 35.5. The van der Waals surface area contributed by atoms with Crippen LogP contribution in [0.3, 0.4) is 0 Å². The van der Waals surface area contributed by atoms with E-state index in [-0.39, 0.29) is 23.2 Å². The number of nitrogens with one attached hydrogen (secondary N) is 2. The van der Waals surface area contributed by atoms with Crippen molar-refractivity contribution >= 4 is 40.7 Å². The first-order chi connectivity index (χ1) is 15.5. The fourth-order valence-corrected chi connectivity index (χ4v) is 3.47. The van der Waals surface area contributed by atoms with Crippen molar-refractivity contribution in [2.24, 2.45) is 0 Å². The van der Waals surface area contributed by atoms with Gasteiger partial charge in [0.1, 0.15) is 16.5 Å². The van der Waals surface area contributed by atoms with Crippen molar-refractivity contribution in [1.82, 2.24) is 5.32 Å². The van der Waals surface area contributed by atoms with E-state index in [1.165, 1.54) is 6.26 Å². The van der Waals surface area contributed by atoms with Gasteiger partial charge in [0.05, 0.1) is 18.5 Å². The highest BCUT2D eigenvalue weighted by Crippen LogP contribution is 2.30. The normalized spacial score (nSPS) is 13.6. The molecule has 2 aromatic carbocycles. The second-order valence-electron chi connectivity index (χ2n) is 7.12. The molecule has 0 fully saturated rings. The maximum Gasteiger partial charge on any atom is 0.283 e. The summed E-state index contributed by atoms with van der Waals surface area (Å²) in [5.74, 6) is -0.739. The van der Waals surface area contributed by atoms with Gasteiger partial charge in [-0.25, -0.2) is 4.90 Å². The molecule has 4 rings (SSSR count). The molecule has 0 spiro atoms. The number of furan rings is 1. The topological polar surface area (TPSA) is 91.7 Å². The molecule has 0 saturated heterocycles. The van der Waals surface area contributed by atoms with E-state index in [0.717, 1.165) is 16.9 Å². The van der Waals surface area contributed by atoms with Gasteiger partial charge in [-0.3, -0.25) is 14.4 Å².